The fourth-order valence-electron chi connectivity index (χ4n) is 0.981. The zero-order chi connectivity index (χ0) is 9.68. The standard InChI is InChI=1S/C9H12N2O2/c1-13-9(12)11-8-5-3-2-4-7(8)6-10/h2-5H,6,10H2,1H3,(H,11,12). The first-order valence-corrected chi connectivity index (χ1v) is 3.91. The van der Waals surface area contributed by atoms with Crippen LogP contribution in [0.25, 0.3) is 0 Å². The number of anilines is 1. The monoisotopic (exact) mass is 180 g/mol. The molecule has 0 unspecified atom stereocenters. The SMILES string of the molecule is COC(=O)Nc1ccccc1CN. The summed E-state index contributed by atoms with van der Waals surface area (Å²) in [5, 5.41) is 2.57. The first kappa shape index (κ1) is 9.54. The lowest BCUT2D eigenvalue weighted by Gasteiger charge is -2.07. The number of para-hydroxylation sites is 1. The molecule has 4 nitrogen and oxygen atoms in total. The van der Waals surface area contributed by atoms with E-state index in [-0.39, 0.29) is 0 Å². The molecule has 0 fully saturated rings. The summed E-state index contributed by atoms with van der Waals surface area (Å²) in [5.41, 5.74) is 7.05. The minimum atomic E-state index is -0.485. The molecule has 0 saturated heterocycles. The number of amides is 1. The zero-order valence-electron chi connectivity index (χ0n) is 7.41. The number of nitrogens with two attached hydrogens (primary N) is 1. The summed E-state index contributed by atoms with van der Waals surface area (Å²) < 4.78 is 4.46. The van der Waals surface area contributed by atoms with E-state index < -0.39 is 6.09 Å². The van der Waals surface area contributed by atoms with E-state index in [2.05, 4.69) is 10.1 Å². The molecule has 0 aliphatic heterocycles. The molecule has 0 spiro atoms. The summed E-state index contributed by atoms with van der Waals surface area (Å²) in [6.45, 7) is 0.389. The van der Waals surface area contributed by atoms with Crippen LogP contribution < -0.4 is 11.1 Å². The van der Waals surface area contributed by atoms with Gasteiger partial charge in [0, 0.05) is 12.2 Å². The molecular weight excluding hydrogens is 168 g/mol. The quantitative estimate of drug-likeness (QED) is 0.721. The molecule has 1 amide bonds. The Morgan fingerprint density at radius 1 is 1.54 bits per heavy atom. The Hall–Kier alpha value is -1.55. The van der Waals surface area contributed by atoms with Crippen LogP contribution >= 0.6 is 0 Å². The summed E-state index contributed by atoms with van der Waals surface area (Å²) in [5.74, 6) is 0. The molecule has 0 atom stereocenters. The molecule has 3 N–H and O–H groups in total. The van der Waals surface area contributed by atoms with Gasteiger partial charge < -0.3 is 10.5 Å². The Balaban J connectivity index is 2.81. The second-order valence-electron chi connectivity index (χ2n) is 2.48. The van der Waals surface area contributed by atoms with Crippen molar-refractivity contribution in [1.82, 2.24) is 0 Å². The van der Waals surface area contributed by atoms with Crippen molar-refractivity contribution < 1.29 is 9.53 Å². The van der Waals surface area contributed by atoms with Crippen molar-refractivity contribution in [3.8, 4) is 0 Å². The van der Waals surface area contributed by atoms with E-state index in [0.717, 1.165) is 5.56 Å². The largest absolute Gasteiger partial charge is 0.453 e. The summed E-state index contributed by atoms with van der Waals surface area (Å²) in [6.07, 6.45) is -0.485. The van der Waals surface area contributed by atoms with Crippen LogP contribution in [0.15, 0.2) is 24.3 Å². The zero-order valence-corrected chi connectivity index (χ0v) is 7.41. The molecule has 13 heavy (non-hydrogen) atoms. The Kier molecular flexibility index (Phi) is 3.28. The van der Waals surface area contributed by atoms with Gasteiger partial charge in [-0.25, -0.2) is 4.79 Å². The number of hydrogen-bond donors (Lipinski definition) is 2. The van der Waals surface area contributed by atoms with Gasteiger partial charge in [0.25, 0.3) is 0 Å². The first-order chi connectivity index (χ1) is 6.27. The van der Waals surface area contributed by atoms with Gasteiger partial charge >= 0.3 is 6.09 Å². The molecule has 1 rings (SSSR count). The van der Waals surface area contributed by atoms with Crippen molar-refractivity contribution in [3.05, 3.63) is 29.8 Å². The normalized spacial score (nSPS) is 9.38. The van der Waals surface area contributed by atoms with E-state index in [1.54, 1.807) is 6.07 Å². The lowest BCUT2D eigenvalue weighted by atomic mass is 10.2. The third-order valence-corrected chi connectivity index (χ3v) is 1.66. The van der Waals surface area contributed by atoms with Gasteiger partial charge in [-0.1, -0.05) is 18.2 Å². The van der Waals surface area contributed by atoms with E-state index in [1.807, 2.05) is 18.2 Å². The van der Waals surface area contributed by atoms with Crippen LogP contribution in [0.5, 0.6) is 0 Å². The van der Waals surface area contributed by atoms with Crippen LogP contribution in [0, 0.1) is 0 Å². The second kappa shape index (κ2) is 4.47. The summed E-state index contributed by atoms with van der Waals surface area (Å²) in [7, 11) is 1.32. The smallest absolute Gasteiger partial charge is 0.411 e. The maximum absolute atomic E-state index is 10.9. The second-order valence-corrected chi connectivity index (χ2v) is 2.48. The highest BCUT2D eigenvalue weighted by Crippen LogP contribution is 2.13. The summed E-state index contributed by atoms with van der Waals surface area (Å²) >= 11 is 0. The number of rotatable bonds is 2. The molecule has 70 valence electrons. The molecule has 0 bridgehead atoms. The summed E-state index contributed by atoms with van der Waals surface area (Å²) in [4.78, 5) is 10.9. The van der Waals surface area contributed by atoms with Crippen molar-refractivity contribution in [3.63, 3.8) is 0 Å². The van der Waals surface area contributed by atoms with E-state index >= 15 is 0 Å². The van der Waals surface area contributed by atoms with Gasteiger partial charge in [-0.15, -0.1) is 0 Å². The average Bonchev–Trinajstić information content (AvgIpc) is 2.18. The highest BCUT2D eigenvalue weighted by atomic mass is 16.5. The highest BCUT2D eigenvalue weighted by Gasteiger charge is 2.03. The van der Waals surface area contributed by atoms with Crippen molar-refractivity contribution >= 4 is 11.8 Å². The van der Waals surface area contributed by atoms with Crippen molar-refractivity contribution in [2.24, 2.45) is 5.73 Å². The third kappa shape index (κ3) is 2.45. The van der Waals surface area contributed by atoms with Crippen molar-refractivity contribution in [1.29, 1.82) is 0 Å². The number of methoxy groups -OCH3 is 1. The van der Waals surface area contributed by atoms with Gasteiger partial charge in [-0.2, -0.15) is 0 Å². The Bertz CT molecular complexity index is 299. The number of hydrogen-bond acceptors (Lipinski definition) is 3. The van der Waals surface area contributed by atoms with E-state index in [9.17, 15) is 4.79 Å². The van der Waals surface area contributed by atoms with Crippen molar-refractivity contribution in [2.75, 3.05) is 12.4 Å². The molecule has 0 aliphatic rings. The molecule has 0 heterocycles. The fraction of sp³-hybridized carbons (Fsp3) is 0.222. The van der Waals surface area contributed by atoms with Gasteiger partial charge in [-0.05, 0) is 11.6 Å². The van der Waals surface area contributed by atoms with Crippen LogP contribution in [0.3, 0.4) is 0 Å². The van der Waals surface area contributed by atoms with Gasteiger partial charge in [0.15, 0.2) is 0 Å². The maximum atomic E-state index is 10.9. The van der Waals surface area contributed by atoms with E-state index in [4.69, 9.17) is 5.73 Å². The van der Waals surface area contributed by atoms with Crippen LogP contribution in [-0.2, 0) is 11.3 Å². The van der Waals surface area contributed by atoms with Gasteiger partial charge in [0.2, 0.25) is 0 Å². The molecule has 1 aromatic carbocycles. The van der Waals surface area contributed by atoms with Gasteiger partial charge in [0.05, 0.1) is 7.11 Å². The minimum Gasteiger partial charge on any atom is -0.453 e. The van der Waals surface area contributed by atoms with Crippen LogP contribution in [0.4, 0.5) is 10.5 Å². The minimum absolute atomic E-state index is 0.389. The van der Waals surface area contributed by atoms with Crippen LogP contribution in [-0.4, -0.2) is 13.2 Å². The Labute approximate surface area is 76.7 Å². The van der Waals surface area contributed by atoms with Crippen molar-refractivity contribution in [2.45, 2.75) is 6.54 Å². The Morgan fingerprint density at radius 2 is 2.23 bits per heavy atom. The number of carbonyl (C=O) groups excluding carboxylic acids is 1. The molecule has 4 heteroatoms. The Morgan fingerprint density at radius 3 is 2.85 bits per heavy atom. The molecule has 0 aliphatic carbocycles. The number of carbonyl (C=O) groups is 1. The molecule has 0 aromatic heterocycles. The number of benzene rings is 1. The topological polar surface area (TPSA) is 64.3 Å². The van der Waals surface area contributed by atoms with Gasteiger partial charge in [0.1, 0.15) is 0 Å². The number of ether oxygens (including phenoxy) is 1. The third-order valence-electron chi connectivity index (χ3n) is 1.66. The van der Waals surface area contributed by atoms with E-state index in [1.165, 1.54) is 7.11 Å². The number of nitrogens with one attached hydrogen (secondary N) is 1. The predicted molar refractivity (Wildman–Crippen MR) is 50.4 cm³/mol. The summed E-state index contributed by atoms with van der Waals surface area (Å²) in [6, 6.07) is 7.32. The first-order valence-electron chi connectivity index (χ1n) is 3.91. The lowest BCUT2D eigenvalue weighted by Crippen LogP contribution is -2.13. The van der Waals surface area contributed by atoms with E-state index in [0.29, 0.717) is 12.2 Å². The van der Waals surface area contributed by atoms with Crippen LogP contribution in [0.1, 0.15) is 5.56 Å². The molecule has 0 radical (unpaired) electrons. The fourth-order valence-corrected chi connectivity index (χ4v) is 0.981. The average molecular weight is 180 g/mol. The molecule has 1 aromatic rings. The highest BCUT2D eigenvalue weighted by molar-refractivity contribution is 5.85. The molecular formula is C9H12N2O2. The lowest BCUT2D eigenvalue weighted by molar-refractivity contribution is 0.187. The van der Waals surface area contributed by atoms with Gasteiger partial charge in [-0.3, -0.25) is 5.32 Å². The maximum Gasteiger partial charge on any atom is 0.411 e. The van der Waals surface area contributed by atoms with Crippen LogP contribution in [0.2, 0.25) is 0 Å². The molecule has 0 saturated carbocycles. The predicted octanol–water partition coefficient (Wildman–Crippen LogP) is 1.32.